The molecule has 0 saturated heterocycles. The summed E-state index contributed by atoms with van der Waals surface area (Å²) in [4.78, 5) is 16.9. The predicted octanol–water partition coefficient (Wildman–Crippen LogP) is 4.34. The average molecular weight is 369 g/mol. The lowest BCUT2D eigenvalue weighted by molar-refractivity contribution is 0.0943. The summed E-state index contributed by atoms with van der Waals surface area (Å²) in [6, 6.07) is 13.4. The number of aryl methyl sites for hydroxylation is 1. The predicted molar refractivity (Wildman–Crippen MR) is 104 cm³/mol. The Morgan fingerprint density at radius 2 is 1.96 bits per heavy atom. The third kappa shape index (κ3) is 3.63. The molecule has 2 aromatic carbocycles. The summed E-state index contributed by atoms with van der Waals surface area (Å²) in [7, 11) is 0. The van der Waals surface area contributed by atoms with Crippen molar-refractivity contribution in [3.63, 3.8) is 0 Å². The fourth-order valence-corrected chi connectivity index (χ4v) is 2.86. The summed E-state index contributed by atoms with van der Waals surface area (Å²) < 4.78 is 1.72. The Kier molecular flexibility index (Phi) is 5.38. The molecule has 6 heteroatoms. The SMILES string of the molecule is CCCNC(=O)c1nc(-c2cccc(Cl)c2)n(-c2cccc(C)c2C)n1. The van der Waals surface area contributed by atoms with Crippen molar-refractivity contribution in [3.05, 3.63) is 64.4 Å². The molecule has 0 aliphatic carbocycles. The smallest absolute Gasteiger partial charge is 0.290 e. The van der Waals surface area contributed by atoms with Gasteiger partial charge in [0.15, 0.2) is 5.82 Å². The van der Waals surface area contributed by atoms with Crippen LogP contribution in [0.5, 0.6) is 0 Å². The molecule has 1 amide bonds. The zero-order valence-corrected chi connectivity index (χ0v) is 15.8. The largest absolute Gasteiger partial charge is 0.349 e. The van der Waals surface area contributed by atoms with Crippen LogP contribution in [0.4, 0.5) is 0 Å². The number of hydrogen-bond donors (Lipinski definition) is 1. The third-order valence-electron chi connectivity index (χ3n) is 4.23. The molecule has 0 fully saturated rings. The van der Waals surface area contributed by atoms with Crippen LogP contribution in [-0.4, -0.2) is 27.2 Å². The highest BCUT2D eigenvalue weighted by molar-refractivity contribution is 6.30. The van der Waals surface area contributed by atoms with E-state index >= 15 is 0 Å². The molecule has 0 spiro atoms. The second-order valence-electron chi connectivity index (χ2n) is 6.16. The Morgan fingerprint density at radius 3 is 2.69 bits per heavy atom. The van der Waals surface area contributed by atoms with E-state index in [2.05, 4.69) is 15.4 Å². The zero-order chi connectivity index (χ0) is 18.7. The molecular formula is C20H21ClN4O. The zero-order valence-electron chi connectivity index (χ0n) is 15.1. The first kappa shape index (κ1) is 18.1. The number of carbonyl (C=O) groups excluding carboxylic acids is 1. The van der Waals surface area contributed by atoms with Gasteiger partial charge in [-0.2, -0.15) is 0 Å². The van der Waals surface area contributed by atoms with E-state index in [4.69, 9.17) is 11.6 Å². The molecule has 0 aliphatic rings. The number of amides is 1. The Morgan fingerprint density at radius 1 is 1.19 bits per heavy atom. The Balaban J connectivity index is 2.16. The maximum atomic E-state index is 12.4. The van der Waals surface area contributed by atoms with Gasteiger partial charge in [0.1, 0.15) is 0 Å². The highest BCUT2D eigenvalue weighted by Crippen LogP contribution is 2.26. The maximum absolute atomic E-state index is 12.4. The van der Waals surface area contributed by atoms with E-state index in [0.717, 1.165) is 28.8 Å². The van der Waals surface area contributed by atoms with E-state index in [-0.39, 0.29) is 11.7 Å². The van der Waals surface area contributed by atoms with Crippen LogP contribution in [0.25, 0.3) is 17.1 Å². The van der Waals surface area contributed by atoms with Crippen LogP contribution in [0.3, 0.4) is 0 Å². The molecular weight excluding hydrogens is 348 g/mol. The topological polar surface area (TPSA) is 59.8 Å². The molecule has 0 atom stereocenters. The number of rotatable bonds is 5. The minimum atomic E-state index is -0.279. The first-order chi connectivity index (χ1) is 12.5. The van der Waals surface area contributed by atoms with Gasteiger partial charge in [-0.1, -0.05) is 42.8 Å². The molecule has 1 heterocycles. The van der Waals surface area contributed by atoms with E-state index in [1.165, 1.54) is 0 Å². The Hall–Kier alpha value is -2.66. The summed E-state index contributed by atoms with van der Waals surface area (Å²) >= 11 is 6.15. The van der Waals surface area contributed by atoms with Gasteiger partial charge in [0.05, 0.1) is 5.69 Å². The van der Waals surface area contributed by atoms with Crippen molar-refractivity contribution in [1.82, 2.24) is 20.1 Å². The molecule has 0 aliphatic heterocycles. The summed E-state index contributed by atoms with van der Waals surface area (Å²) in [5.74, 6) is 0.455. The fourth-order valence-electron chi connectivity index (χ4n) is 2.67. The average Bonchev–Trinajstić information content (AvgIpc) is 3.07. The number of halogens is 1. The van der Waals surface area contributed by atoms with Gasteiger partial charge < -0.3 is 5.32 Å². The monoisotopic (exact) mass is 368 g/mol. The van der Waals surface area contributed by atoms with Gasteiger partial charge in [0, 0.05) is 17.1 Å². The molecule has 134 valence electrons. The van der Waals surface area contributed by atoms with Gasteiger partial charge in [0.25, 0.3) is 5.91 Å². The van der Waals surface area contributed by atoms with E-state index in [9.17, 15) is 4.79 Å². The first-order valence-corrected chi connectivity index (χ1v) is 8.97. The van der Waals surface area contributed by atoms with Crippen LogP contribution < -0.4 is 5.32 Å². The van der Waals surface area contributed by atoms with Crippen LogP contribution in [0.2, 0.25) is 5.02 Å². The van der Waals surface area contributed by atoms with Crippen molar-refractivity contribution in [2.24, 2.45) is 0 Å². The number of nitrogens with one attached hydrogen (secondary N) is 1. The summed E-state index contributed by atoms with van der Waals surface area (Å²) in [6.07, 6.45) is 0.852. The molecule has 0 saturated carbocycles. The number of carbonyl (C=O) groups is 1. The van der Waals surface area contributed by atoms with Crippen LogP contribution in [0, 0.1) is 13.8 Å². The number of hydrogen-bond acceptors (Lipinski definition) is 3. The minimum absolute atomic E-state index is 0.148. The van der Waals surface area contributed by atoms with Crippen LogP contribution in [0.1, 0.15) is 35.1 Å². The lowest BCUT2D eigenvalue weighted by atomic mass is 10.1. The van der Waals surface area contributed by atoms with Crippen molar-refractivity contribution in [2.45, 2.75) is 27.2 Å². The van der Waals surface area contributed by atoms with E-state index in [1.54, 1.807) is 10.7 Å². The van der Waals surface area contributed by atoms with Crippen molar-refractivity contribution >= 4 is 17.5 Å². The molecule has 0 radical (unpaired) electrons. The molecule has 0 bridgehead atoms. The van der Waals surface area contributed by atoms with Crippen molar-refractivity contribution in [3.8, 4) is 17.1 Å². The molecule has 26 heavy (non-hydrogen) atoms. The summed E-state index contributed by atoms with van der Waals surface area (Å²) in [6.45, 7) is 6.66. The number of aromatic nitrogens is 3. The summed E-state index contributed by atoms with van der Waals surface area (Å²) in [5, 5.41) is 7.92. The maximum Gasteiger partial charge on any atom is 0.290 e. The van der Waals surface area contributed by atoms with Crippen molar-refractivity contribution < 1.29 is 4.79 Å². The van der Waals surface area contributed by atoms with Crippen LogP contribution in [0.15, 0.2) is 42.5 Å². The van der Waals surface area contributed by atoms with Gasteiger partial charge in [0.2, 0.25) is 5.82 Å². The number of benzene rings is 2. The van der Waals surface area contributed by atoms with Gasteiger partial charge in [-0.25, -0.2) is 9.67 Å². The summed E-state index contributed by atoms with van der Waals surface area (Å²) in [5.41, 5.74) is 3.93. The van der Waals surface area contributed by atoms with E-state index < -0.39 is 0 Å². The Labute approximate surface area is 158 Å². The highest BCUT2D eigenvalue weighted by Gasteiger charge is 2.19. The molecule has 1 aromatic heterocycles. The van der Waals surface area contributed by atoms with Gasteiger partial charge in [-0.15, -0.1) is 5.10 Å². The standard InChI is InChI=1S/C20H21ClN4O/c1-4-11-22-20(26)18-23-19(15-8-6-9-16(21)12-15)25(24-18)17-10-5-7-13(2)14(17)3/h5-10,12H,4,11H2,1-3H3,(H,22,26). The highest BCUT2D eigenvalue weighted by atomic mass is 35.5. The Bertz CT molecular complexity index is 949. The lowest BCUT2D eigenvalue weighted by Crippen LogP contribution is -2.25. The third-order valence-corrected chi connectivity index (χ3v) is 4.47. The van der Waals surface area contributed by atoms with Crippen LogP contribution in [-0.2, 0) is 0 Å². The fraction of sp³-hybridized carbons (Fsp3) is 0.250. The molecule has 1 N–H and O–H groups in total. The van der Waals surface area contributed by atoms with E-state index in [0.29, 0.717) is 17.4 Å². The molecule has 3 aromatic rings. The van der Waals surface area contributed by atoms with Crippen LogP contribution >= 0.6 is 11.6 Å². The van der Waals surface area contributed by atoms with E-state index in [1.807, 2.05) is 57.2 Å². The molecule has 3 rings (SSSR count). The van der Waals surface area contributed by atoms with Gasteiger partial charge in [-0.05, 0) is 49.6 Å². The lowest BCUT2D eigenvalue weighted by Gasteiger charge is -2.11. The molecule has 0 unspecified atom stereocenters. The second-order valence-corrected chi connectivity index (χ2v) is 6.59. The van der Waals surface area contributed by atoms with Crippen molar-refractivity contribution in [2.75, 3.05) is 6.54 Å². The van der Waals surface area contributed by atoms with Gasteiger partial charge >= 0.3 is 0 Å². The molecule has 5 nitrogen and oxygen atoms in total. The first-order valence-electron chi connectivity index (χ1n) is 8.59. The minimum Gasteiger partial charge on any atom is -0.349 e. The normalized spacial score (nSPS) is 10.8. The van der Waals surface area contributed by atoms with Crippen molar-refractivity contribution in [1.29, 1.82) is 0 Å². The second kappa shape index (κ2) is 7.70. The quantitative estimate of drug-likeness (QED) is 0.728. The number of nitrogens with zero attached hydrogens (tertiary/aromatic N) is 3. The van der Waals surface area contributed by atoms with Gasteiger partial charge in [-0.3, -0.25) is 4.79 Å².